The number of amidine groups is 1. The topological polar surface area (TPSA) is 97.3 Å². The number of carbonyl (C=O) groups excluding carboxylic acids is 2. The highest BCUT2D eigenvalue weighted by molar-refractivity contribution is 6.06. The third-order valence-electron chi connectivity index (χ3n) is 6.04. The summed E-state index contributed by atoms with van der Waals surface area (Å²) in [4.78, 5) is 35.3. The van der Waals surface area contributed by atoms with Crippen LogP contribution in [0.15, 0.2) is 52.1 Å². The van der Waals surface area contributed by atoms with E-state index in [0.29, 0.717) is 43.2 Å². The summed E-state index contributed by atoms with van der Waals surface area (Å²) in [5.41, 5.74) is 10.2. The van der Waals surface area contributed by atoms with Crippen molar-refractivity contribution in [2.75, 3.05) is 19.7 Å². The zero-order chi connectivity index (χ0) is 25.3. The van der Waals surface area contributed by atoms with Gasteiger partial charge in [0, 0.05) is 41.6 Å². The van der Waals surface area contributed by atoms with Crippen LogP contribution in [0.2, 0.25) is 0 Å². The van der Waals surface area contributed by atoms with Crippen LogP contribution in [0, 0.1) is 5.92 Å². The first kappa shape index (κ1) is 27.2. The number of allylic oxidation sites excluding steroid dienone is 1. The summed E-state index contributed by atoms with van der Waals surface area (Å²) in [6.07, 6.45) is 4.51. The summed E-state index contributed by atoms with van der Waals surface area (Å²) in [7, 11) is 0. The molecule has 0 spiro atoms. The predicted octanol–water partition coefficient (Wildman–Crippen LogP) is 4.64. The first-order valence-corrected chi connectivity index (χ1v) is 12.0. The van der Waals surface area contributed by atoms with Crippen molar-refractivity contribution in [1.82, 2.24) is 4.90 Å². The average molecular weight is 467 g/mol. The molecule has 0 aliphatic carbocycles. The highest BCUT2D eigenvalue weighted by Crippen LogP contribution is 2.29. The SMILES string of the molecule is C\C=C/N=C(N)/C(=C(/N=C(C)C1CN(C(=O)CC)CCO1)c1ccc(C(C)=O)cc1)C(C)CC. The molecule has 1 aliphatic rings. The largest absolute Gasteiger partial charge is 0.383 e. The van der Waals surface area contributed by atoms with E-state index in [-0.39, 0.29) is 23.7 Å². The predicted molar refractivity (Wildman–Crippen MR) is 139 cm³/mol. The normalized spacial score (nSPS) is 19.2. The standard InChI is InChI=1S/C27H38N4O3/c1-7-14-29-27(28)25(18(4)8-2)26(22-12-10-21(11-13-22)20(6)32)30-19(5)23-17-31(15-16-34-23)24(33)9-3/h7,10-14,18,23H,8-9,15-17H2,1-6H3,(H2,28,29)/b14-7-,26-25+,30-19?. The minimum Gasteiger partial charge on any atom is -0.383 e. The lowest BCUT2D eigenvalue weighted by Gasteiger charge is -2.33. The van der Waals surface area contributed by atoms with Gasteiger partial charge in [-0.15, -0.1) is 0 Å². The average Bonchev–Trinajstić information content (AvgIpc) is 2.86. The summed E-state index contributed by atoms with van der Waals surface area (Å²) in [5.74, 6) is 0.615. The molecular formula is C27H38N4O3. The number of benzene rings is 1. The van der Waals surface area contributed by atoms with Crippen molar-refractivity contribution in [2.24, 2.45) is 21.6 Å². The van der Waals surface area contributed by atoms with Gasteiger partial charge in [-0.2, -0.15) is 0 Å². The van der Waals surface area contributed by atoms with Crippen LogP contribution in [0.25, 0.3) is 5.70 Å². The molecule has 1 aliphatic heterocycles. The van der Waals surface area contributed by atoms with Crippen LogP contribution in [0.5, 0.6) is 0 Å². The van der Waals surface area contributed by atoms with Crippen molar-refractivity contribution in [2.45, 2.75) is 60.5 Å². The van der Waals surface area contributed by atoms with Crippen molar-refractivity contribution in [3.05, 3.63) is 53.2 Å². The Morgan fingerprint density at radius 2 is 1.85 bits per heavy atom. The Bertz CT molecular complexity index is 990. The van der Waals surface area contributed by atoms with Crippen molar-refractivity contribution in [3.8, 4) is 0 Å². The third-order valence-corrected chi connectivity index (χ3v) is 6.04. The quantitative estimate of drug-likeness (QED) is 0.326. The van der Waals surface area contributed by atoms with E-state index in [1.54, 1.807) is 25.3 Å². The minimum absolute atomic E-state index is 0.00404. The minimum atomic E-state index is -0.303. The number of Topliss-reactive ketones (excluding diaryl/α,β-unsaturated/α-hetero) is 1. The van der Waals surface area contributed by atoms with Gasteiger partial charge in [-0.3, -0.25) is 14.6 Å². The molecule has 2 unspecified atom stereocenters. The molecule has 2 atom stereocenters. The van der Waals surface area contributed by atoms with Gasteiger partial charge in [-0.05, 0) is 33.1 Å². The molecule has 7 heteroatoms. The number of aliphatic imine (C=N–C) groups is 2. The Morgan fingerprint density at radius 1 is 1.21 bits per heavy atom. The van der Waals surface area contributed by atoms with E-state index in [9.17, 15) is 9.59 Å². The molecule has 1 fully saturated rings. The number of ether oxygens (including phenoxy) is 1. The molecule has 2 N–H and O–H groups in total. The lowest BCUT2D eigenvalue weighted by molar-refractivity contribution is -0.136. The van der Waals surface area contributed by atoms with E-state index < -0.39 is 0 Å². The molecule has 2 rings (SSSR count). The first-order valence-electron chi connectivity index (χ1n) is 12.0. The molecule has 0 radical (unpaired) electrons. The van der Waals surface area contributed by atoms with Gasteiger partial charge in [0.25, 0.3) is 0 Å². The number of morpholine rings is 1. The van der Waals surface area contributed by atoms with Gasteiger partial charge in [-0.1, -0.05) is 51.1 Å². The highest BCUT2D eigenvalue weighted by atomic mass is 16.5. The van der Waals surface area contributed by atoms with Crippen LogP contribution in [0.1, 0.15) is 70.3 Å². The molecule has 1 heterocycles. The lowest BCUT2D eigenvalue weighted by atomic mass is 9.92. The van der Waals surface area contributed by atoms with Crippen LogP contribution in [0.3, 0.4) is 0 Å². The van der Waals surface area contributed by atoms with Gasteiger partial charge >= 0.3 is 0 Å². The molecular weight excluding hydrogens is 428 g/mol. The number of hydrogen-bond donors (Lipinski definition) is 1. The fourth-order valence-electron chi connectivity index (χ4n) is 3.78. The molecule has 1 aromatic carbocycles. The molecule has 0 aromatic heterocycles. The van der Waals surface area contributed by atoms with E-state index in [2.05, 4.69) is 18.8 Å². The number of amides is 1. The number of rotatable bonds is 9. The first-order chi connectivity index (χ1) is 16.2. The molecule has 0 saturated carbocycles. The summed E-state index contributed by atoms with van der Waals surface area (Å²) in [6, 6.07) is 7.38. The van der Waals surface area contributed by atoms with Crippen molar-refractivity contribution >= 4 is 28.9 Å². The van der Waals surface area contributed by atoms with Crippen LogP contribution >= 0.6 is 0 Å². The van der Waals surface area contributed by atoms with E-state index in [1.165, 1.54) is 0 Å². The maximum atomic E-state index is 12.2. The van der Waals surface area contributed by atoms with Crippen molar-refractivity contribution in [3.63, 3.8) is 0 Å². The van der Waals surface area contributed by atoms with Gasteiger partial charge in [0.05, 0.1) is 18.8 Å². The Morgan fingerprint density at radius 3 is 2.41 bits per heavy atom. The highest BCUT2D eigenvalue weighted by Gasteiger charge is 2.26. The smallest absolute Gasteiger partial charge is 0.222 e. The zero-order valence-electron chi connectivity index (χ0n) is 21.3. The molecule has 7 nitrogen and oxygen atoms in total. The second-order valence-corrected chi connectivity index (χ2v) is 8.51. The summed E-state index contributed by atoms with van der Waals surface area (Å²) >= 11 is 0. The summed E-state index contributed by atoms with van der Waals surface area (Å²) < 4.78 is 5.98. The number of nitrogens with two attached hydrogens (primary N) is 1. The Kier molecular flexibility index (Phi) is 10.4. The van der Waals surface area contributed by atoms with Gasteiger partial charge in [-0.25, -0.2) is 4.99 Å². The van der Waals surface area contributed by atoms with Crippen LogP contribution in [-0.4, -0.2) is 53.9 Å². The Balaban J connectivity index is 2.64. The van der Waals surface area contributed by atoms with Gasteiger partial charge in [0.15, 0.2) is 5.78 Å². The molecule has 1 amide bonds. The van der Waals surface area contributed by atoms with Gasteiger partial charge in [0.2, 0.25) is 5.91 Å². The lowest BCUT2D eigenvalue weighted by Crippen LogP contribution is -2.47. The maximum absolute atomic E-state index is 12.2. The van der Waals surface area contributed by atoms with Gasteiger partial charge < -0.3 is 15.4 Å². The van der Waals surface area contributed by atoms with E-state index in [1.807, 2.05) is 43.9 Å². The molecule has 1 saturated heterocycles. The number of hydrogen-bond acceptors (Lipinski definition) is 5. The Hall–Kier alpha value is -3.06. The van der Waals surface area contributed by atoms with Crippen LogP contribution < -0.4 is 5.73 Å². The second-order valence-electron chi connectivity index (χ2n) is 8.51. The van der Waals surface area contributed by atoms with Crippen LogP contribution in [0.4, 0.5) is 0 Å². The van der Waals surface area contributed by atoms with E-state index in [4.69, 9.17) is 15.5 Å². The zero-order valence-corrected chi connectivity index (χ0v) is 21.3. The summed E-state index contributed by atoms with van der Waals surface area (Å²) in [6.45, 7) is 12.9. The van der Waals surface area contributed by atoms with Crippen LogP contribution in [-0.2, 0) is 9.53 Å². The molecule has 34 heavy (non-hydrogen) atoms. The van der Waals surface area contributed by atoms with E-state index in [0.717, 1.165) is 23.3 Å². The molecule has 184 valence electrons. The second kappa shape index (κ2) is 13.0. The molecule has 0 bridgehead atoms. The van der Waals surface area contributed by atoms with Crippen molar-refractivity contribution < 1.29 is 14.3 Å². The number of nitrogens with zero attached hydrogens (tertiary/aromatic N) is 3. The fraction of sp³-hybridized carbons (Fsp3) is 0.481. The van der Waals surface area contributed by atoms with E-state index >= 15 is 0 Å². The van der Waals surface area contributed by atoms with Gasteiger partial charge in [0.1, 0.15) is 11.9 Å². The monoisotopic (exact) mass is 466 g/mol. The molecule has 1 aromatic rings. The number of ketones is 1. The maximum Gasteiger partial charge on any atom is 0.222 e. The summed E-state index contributed by atoms with van der Waals surface area (Å²) in [5, 5.41) is 0. The van der Waals surface area contributed by atoms with Crippen molar-refractivity contribution in [1.29, 1.82) is 0 Å². The third kappa shape index (κ3) is 6.97. The Labute approximate surface area is 203 Å². The fourth-order valence-corrected chi connectivity index (χ4v) is 3.78. The number of carbonyl (C=O) groups is 2.